The predicted molar refractivity (Wildman–Crippen MR) is 138 cm³/mol. The fourth-order valence-corrected chi connectivity index (χ4v) is 4.72. The van der Waals surface area contributed by atoms with Gasteiger partial charge in [0.25, 0.3) is 5.91 Å². The van der Waals surface area contributed by atoms with Crippen LogP contribution in [0.15, 0.2) is 66.7 Å². The number of hydrogen-bond donors (Lipinski definition) is 1. The second kappa shape index (κ2) is 9.73. The van der Waals surface area contributed by atoms with Gasteiger partial charge in [-0.1, -0.05) is 35.3 Å². The van der Waals surface area contributed by atoms with E-state index in [0.717, 1.165) is 5.56 Å². The lowest BCUT2D eigenvalue weighted by molar-refractivity contribution is -0.124. The van der Waals surface area contributed by atoms with Crippen LogP contribution in [0.3, 0.4) is 0 Å². The van der Waals surface area contributed by atoms with Crippen molar-refractivity contribution in [1.29, 1.82) is 0 Å². The summed E-state index contributed by atoms with van der Waals surface area (Å²) in [7, 11) is 0. The number of carbonyl (C=O) groups excluding carboxylic acids is 2. The lowest BCUT2D eigenvalue weighted by atomic mass is 10.1. The summed E-state index contributed by atoms with van der Waals surface area (Å²) in [4.78, 5) is 29.6. The second-order valence-corrected chi connectivity index (χ2v) is 9.26. The van der Waals surface area contributed by atoms with Gasteiger partial charge in [0, 0.05) is 22.3 Å². The molecule has 1 fully saturated rings. The van der Waals surface area contributed by atoms with Gasteiger partial charge in [0.1, 0.15) is 6.04 Å². The van der Waals surface area contributed by atoms with Crippen LogP contribution in [0, 0.1) is 0 Å². The molecule has 35 heavy (non-hydrogen) atoms. The van der Waals surface area contributed by atoms with E-state index in [1.54, 1.807) is 53.4 Å². The number of thiocarbonyl (C=S) groups is 1. The Bertz CT molecular complexity index is 1320. The largest absolute Gasteiger partial charge is 0.454 e. The zero-order valence-corrected chi connectivity index (χ0v) is 20.6. The predicted octanol–water partition coefficient (Wildman–Crippen LogP) is 5.25. The highest BCUT2D eigenvalue weighted by molar-refractivity contribution is 7.80. The summed E-state index contributed by atoms with van der Waals surface area (Å²) in [5, 5.41) is 4.15. The van der Waals surface area contributed by atoms with Gasteiger partial charge in [-0.05, 0) is 72.4 Å². The number of rotatable bonds is 6. The molecule has 10 heteroatoms. The van der Waals surface area contributed by atoms with Gasteiger partial charge in [-0.15, -0.1) is 0 Å². The van der Waals surface area contributed by atoms with Gasteiger partial charge in [-0.25, -0.2) is 0 Å². The van der Waals surface area contributed by atoms with E-state index in [4.69, 9.17) is 44.9 Å². The van der Waals surface area contributed by atoms with E-state index in [2.05, 4.69) is 5.32 Å². The molecule has 0 radical (unpaired) electrons. The van der Waals surface area contributed by atoms with Crippen molar-refractivity contribution in [2.24, 2.45) is 0 Å². The zero-order valence-electron chi connectivity index (χ0n) is 18.2. The fourth-order valence-electron chi connectivity index (χ4n) is 4.02. The summed E-state index contributed by atoms with van der Waals surface area (Å²) in [6, 6.07) is 18.4. The van der Waals surface area contributed by atoms with Crippen LogP contribution < -0.4 is 19.7 Å². The fraction of sp³-hybridized carbons (Fsp3) is 0.160. The molecular weight excluding hydrogens is 509 g/mol. The average molecular weight is 528 g/mol. The van der Waals surface area contributed by atoms with Crippen molar-refractivity contribution >= 4 is 63.7 Å². The van der Waals surface area contributed by atoms with Crippen LogP contribution in [-0.4, -0.2) is 34.7 Å². The molecule has 3 aromatic carbocycles. The number of anilines is 2. The number of fused-ring (bicyclic) bond motifs is 1. The highest BCUT2D eigenvalue weighted by Gasteiger charge is 2.44. The smallest absolute Gasteiger partial charge is 0.256 e. The average Bonchev–Trinajstić information content (AvgIpc) is 3.38. The maximum absolute atomic E-state index is 13.6. The van der Waals surface area contributed by atoms with Gasteiger partial charge in [0.2, 0.25) is 12.7 Å². The minimum absolute atomic E-state index is 0.0940. The molecular formula is C25H19Cl2N3O4S. The SMILES string of the molecule is O=C(CC1C(=O)N(c2cccc(Cl)c2)C(=S)N1Cc1ccc2c(c1)OCO2)Nc1ccc(Cl)cc1. The van der Waals surface area contributed by atoms with Crippen LogP contribution in [0.2, 0.25) is 10.0 Å². The highest BCUT2D eigenvalue weighted by atomic mass is 35.5. The summed E-state index contributed by atoms with van der Waals surface area (Å²) < 4.78 is 10.9. The van der Waals surface area contributed by atoms with Crippen molar-refractivity contribution in [3.05, 3.63) is 82.3 Å². The summed E-state index contributed by atoms with van der Waals surface area (Å²) >= 11 is 17.8. The number of hydrogen-bond acceptors (Lipinski definition) is 5. The first-order valence-electron chi connectivity index (χ1n) is 10.7. The summed E-state index contributed by atoms with van der Waals surface area (Å²) in [5.41, 5.74) is 1.99. The number of nitrogens with one attached hydrogen (secondary N) is 1. The van der Waals surface area contributed by atoms with E-state index in [1.807, 2.05) is 18.2 Å². The molecule has 1 saturated heterocycles. The molecule has 7 nitrogen and oxygen atoms in total. The number of halogens is 2. The molecule has 2 heterocycles. The number of nitrogens with zero attached hydrogens (tertiary/aromatic N) is 2. The van der Waals surface area contributed by atoms with Crippen LogP contribution in [-0.2, 0) is 16.1 Å². The Labute approximate surface area is 217 Å². The minimum Gasteiger partial charge on any atom is -0.454 e. The Kier molecular flexibility index (Phi) is 6.51. The van der Waals surface area contributed by atoms with Crippen molar-refractivity contribution in [2.45, 2.75) is 19.0 Å². The quantitative estimate of drug-likeness (QED) is 0.441. The zero-order chi connectivity index (χ0) is 24.5. The molecule has 0 aromatic heterocycles. The topological polar surface area (TPSA) is 71.1 Å². The van der Waals surface area contributed by atoms with E-state index >= 15 is 0 Å². The first-order chi connectivity index (χ1) is 16.9. The number of benzene rings is 3. The van der Waals surface area contributed by atoms with Crippen LogP contribution >= 0.6 is 35.4 Å². The third-order valence-corrected chi connectivity index (χ3v) is 6.59. The molecule has 1 N–H and O–H groups in total. The Morgan fingerprint density at radius 3 is 2.54 bits per heavy atom. The number of amides is 2. The Morgan fingerprint density at radius 1 is 1.00 bits per heavy atom. The van der Waals surface area contributed by atoms with Crippen molar-refractivity contribution in [3.63, 3.8) is 0 Å². The molecule has 0 aliphatic carbocycles. The molecule has 2 aliphatic rings. The van der Waals surface area contributed by atoms with Crippen molar-refractivity contribution in [1.82, 2.24) is 4.90 Å². The van der Waals surface area contributed by atoms with Crippen molar-refractivity contribution in [3.8, 4) is 11.5 Å². The van der Waals surface area contributed by atoms with Gasteiger partial charge >= 0.3 is 0 Å². The van der Waals surface area contributed by atoms with Crippen molar-refractivity contribution in [2.75, 3.05) is 17.0 Å². The highest BCUT2D eigenvalue weighted by Crippen LogP contribution is 2.35. The molecule has 1 unspecified atom stereocenters. The van der Waals surface area contributed by atoms with E-state index in [1.165, 1.54) is 4.90 Å². The van der Waals surface area contributed by atoms with E-state index < -0.39 is 6.04 Å². The van der Waals surface area contributed by atoms with Crippen LogP contribution in [0.1, 0.15) is 12.0 Å². The van der Waals surface area contributed by atoms with Gasteiger partial charge in [-0.3, -0.25) is 14.5 Å². The van der Waals surface area contributed by atoms with Crippen LogP contribution in [0.25, 0.3) is 0 Å². The summed E-state index contributed by atoms with van der Waals surface area (Å²) in [6.07, 6.45) is -0.0940. The third-order valence-electron chi connectivity index (χ3n) is 5.68. The Morgan fingerprint density at radius 2 is 1.77 bits per heavy atom. The third kappa shape index (κ3) is 4.91. The van der Waals surface area contributed by atoms with Gasteiger partial charge in [-0.2, -0.15) is 0 Å². The lowest BCUT2D eigenvalue weighted by Gasteiger charge is -2.24. The van der Waals surface area contributed by atoms with Gasteiger partial charge < -0.3 is 19.7 Å². The Balaban J connectivity index is 1.42. The monoisotopic (exact) mass is 527 g/mol. The second-order valence-electron chi connectivity index (χ2n) is 8.03. The standard InChI is InChI=1S/C25H19Cl2N3O4S/c26-16-5-7-18(8-6-16)28-23(31)12-20-24(32)30(19-3-1-2-17(27)11-19)25(35)29(20)13-15-4-9-21-22(10-15)34-14-33-21/h1-11,20H,12-14H2,(H,28,31). The molecule has 1 atom stereocenters. The van der Waals surface area contributed by atoms with Crippen LogP contribution in [0.4, 0.5) is 11.4 Å². The van der Waals surface area contributed by atoms with Crippen molar-refractivity contribution < 1.29 is 19.1 Å². The molecule has 2 amide bonds. The normalized spacial score (nSPS) is 16.7. The van der Waals surface area contributed by atoms with Gasteiger partial charge in [0.05, 0.1) is 12.1 Å². The number of ether oxygens (including phenoxy) is 2. The molecule has 5 rings (SSSR count). The van der Waals surface area contributed by atoms with Gasteiger partial charge in [0.15, 0.2) is 16.6 Å². The van der Waals surface area contributed by atoms with E-state index in [0.29, 0.717) is 44.6 Å². The molecule has 0 saturated carbocycles. The minimum atomic E-state index is -0.806. The van der Waals surface area contributed by atoms with E-state index in [9.17, 15) is 9.59 Å². The first kappa shape index (κ1) is 23.4. The molecule has 0 bridgehead atoms. The molecule has 178 valence electrons. The maximum atomic E-state index is 13.6. The molecule has 0 spiro atoms. The summed E-state index contributed by atoms with van der Waals surface area (Å²) in [5.74, 6) is 0.664. The Hall–Kier alpha value is -3.33. The maximum Gasteiger partial charge on any atom is 0.256 e. The first-order valence-corrected chi connectivity index (χ1v) is 11.9. The lowest BCUT2D eigenvalue weighted by Crippen LogP contribution is -2.37. The molecule has 2 aliphatic heterocycles. The number of carbonyl (C=O) groups is 2. The molecule has 3 aromatic rings. The summed E-state index contributed by atoms with van der Waals surface area (Å²) in [6.45, 7) is 0.465. The van der Waals surface area contributed by atoms with E-state index in [-0.39, 0.29) is 25.0 Å². The van der Waals surface area contributed by atoms with Crippen LogP contribution in [0.5, 0.6) is 11.5 Å².